The monoisotopic (exact) mass is 775 g/mol. The fourth-order valence-corrected chi connectivity index (χ4v) is 9.13. The average Bonchev–Trinajstić information content (AvgIpc) is 3.34. The summed E-state index contributed by atoms with van der Waals surface area (Å²) >= 11 is 0. The summed E-state index contributed by atoms with van der Waals surface area (Å²) in [4.78, 5) is 2.43. The molecule has 0 heterocycles. The van der Waals surface area contributed by atoms with E-state index in [9.17, 15) is 0 Å². The molecule has 0 saturated carbocycles. The highest BCUT2D eigenvalue weighted by molar-refractivity contribution is 6.09. The molecule has 11 aromatic rings. The molecule has 286 valence electrons. The summed E-state index contributed by atoms with van der Waals surface area (Å²) in [5, 5.41) is 7.50. The lowest BCUT2D eigenvalue weighted by Gasteiger charge is -2.29. The Labute approximate surface area is 357 Å². The van der Waals surface area contributed by atoms with Crippen LogP contribution >= 0.6 is 0 Å². The molecule has 0 aliphatic heterocycles. The Kier molecular flexibility index (Phi) is 9.26. The minimum Gasteiger partial charge on any atom is -0.310 e. The molecular weight excluding hydrogens is 735 g/mol. The van der Waals surface area contributed by atoms with Crippen molar-refractivity contribution in [3.8, 4) is 55.6 Å². The van der Waals surface area contributed by atoms with Crippen LogP contribution in [0.5, 0.6) is 0 Å². The van der Waals surface area contributed by atoms with Crippen molar-refractivity contribution < 1.29 is 0 Å². The Balaban J connectivity index is 1.04. The largest absolute Gasteiger partial charge is 0.310 e. The Morgan fingerprint density at radius 2 is 0.656 bits per heavy atom. The van der Waals surface area contributed by atoms with E-state index in [1.165, 1.54) is 82.4 Å². The molecule has 1 nitrogen and oxygen atoms in total. The molecule has 0 unspecified atom stereocenters. The molecular formula is C60H41N. The minimum atomic E-state index is 1.09. The first-order valence-electron chi connectivity index (χ1n) is 21.0. The maximum Gasteiger partial charge on any atom is 0.0540 e. The van der Waals surface area contributed by atoms with Crippen molar-refractivity contribution in [2.45, 2.75) is 0 Å². The molecule has 0 saturated heterocycles. The molecule has 0 N–H and O–H groups in total. The van der Waals surface area contributed by atoms with Gasteiger partial charge < -0.3 is 4.90 Å². The molecule has 0 aromatic heterocycles. The van der Waals surface area contributed by atoms with Crippen LogP contribution in [0, 0.1) is 0 Å². The standard InChI is InChI=1S/C60H41N/c1-2-15-44(16-3-1)54-22-8-9-23-56(54)57-24-10-11-25-58(57)59-26-12-13-28-60(59)61(50-39-40-55-48(41-50)34-33-46-18-5-7-21-52(46)55)49-37-35-43(36-38-49)42-29-31-47(32-30-42)53-27-14-19-45-17-4-6-20-51(45)53/h1-41H. The fourth-order valence-electron chi connectivity index (χ4n) is 9.13. The van der Waals surface area contributed by atoms with Crippen molar-refractivity contribution in [3.63, 3.8) is 0 Å². The molecule has 0 spiro atoms. The van der Waals surface area contributed by atoms with E-state index in [2.05, 4.69) is 254 Å². The molecule has 0 aliphatic rings. The van der Waals surface area contributed by atoms with Crippen molar-refractivity contribution >= 4 is 49.4 Å². The van der Waals surface area contributed by atoms with E-state index < -0.39 is 0 Å². The SMILES string of the molecule is c1ccc(-c2ccccc2-c2ccccc2-c2ccccc2N(c2ccc(-c3ccc(-c4cccc5ccccc45)cc3)cc2)c2ccc3c(ccc4ccccc43)c2)cc1. The summed E-state index contributed by atoms with van der Waals surface area (Å²) in [7, 11) is 0. The molecule has 0 aliphatic carbocycles. The third kappa shape index (κ3) is 6.73. The van der Waals surface area contributed by atoms with Crippen LogP contribution in [0.3, 0.4) is 0 Å². The molecule has 0 bridgehead atoms. The van der Waals surface area contributed by atoms with Crippen molar-refractivity contribution in [3.05, 3.63) is 249 Å². The number of rotatable bonds is 8. The van der Waals surface area contributed by atoms with Gasteiger partial charge in [0, 0.05) is 16.9 Å². The Bertz CT molecular complexity index is 3340. The molecule has 1 heteroatoms. The van der Waals surface area contributed by atoms with E-state index in [4.69, 9.17) is 0 Å². The van der Waals surface area contributed by atoms with Crippen LogP contribution in [0.25, 0.3) is 88.0 Å². The van der Waals surface area contributed by atoms with Gasteiger partial charge in [0.15, 0.2) is 0 Å². The number of hydrogen-bond donors (Lipinski definition) is 0. The number of benzene rings is 11. The highest BCUT2D eigenvalue weighted by Crippen LogP contribution is 2.46. The third-order valence-corrected chi connectivity index (χ3v) is 12.1. The lowest BCUT2D eigenvalue weighted by molar-refractivity contribution is 1.29. The number of para-hydroxylation sites is 1. The van der Waals surface area contributed by atoms with Gasteiger partial charge in [-0.15, -0.1) is 0 Å². The molecule has 0 radical (unpaired) electrons. The molecule has 0 amide bonds. The van der Waals surface area contributed by atoms with Gasteiger partial charge in [-0.1, -0.05) is 218 Å². The van der Waals surface area contributed by atoms with Crippen LogP contribution in [0.4, 0.5) is 17.1 Å². The molecule has 0 atom stereocenters. The van der Waals surface area contributed by atoms with Crippen LogP contribution in [-0.2, 0) is 0 Å². The zero-order chi connectivity index (χ0) is 40.5. The van der Waals surface area contributed by atoms with Crippen LogP contribution < -0.4 is 4.90 Å². The van der Waals surface area contributed by atoms with E-state index in [0.29, 0.717) is 0 Å². The quantitative estimate of drug-likeness (QED) is 0.139. The predicted octanol–water partition coefficient (Wildman–Crippen LogP) is 17.0. The van der Waals surface area contributed by atoms with E-state index >= 15 is 0 Å². The van der Waals surface area contributed by atoms with Gasteiger partial charge in [0.05, 0.1) is 5.69 Å². The van der Waals surface area contributed by atoms with Crippen LogP contribution in [0.15, 0.2) is 249 Å². The van der Waals surface area contributed by atoms with E-state index in [1.54, 1.807) is 0 Å². The summed E-state index contributed by atoms with van der Waals surface area (Å²) in [5.41, 5.74) is 15.3. The van der Waals surface area contributed by atoms with Gasteiger partial charge >= 0.3 is 0 Å². The maximum absolute atomic E-state index is 2.43. The number of nitrogens with zero attached hydrogens (tertiary/aromatic N) is 1. The Morgan fingerprint density at radius 1 is 0.213 bits per heavy atom. The number of anilines is 3. The first-order chi connectivity index (χ1) is 30.3. The van der Waals surface area contributed by atoms with E-state index in [1.807, 2.05) is 0 Å². The smallest absolute Gasteiger partial charge is 0.0540 e. The van der Waals surface area contributed by atoms with Crippen molar-refractivity contribution in [1.82, 2.24) is 0 Å². The second-order valence-electron chi connectivity index (χ2n) is 15.7. The fraction of sp³-hybridized carbons (Fsp3) is 0. The summed E-state index contributed by atoms with van der Waals surface area (Å²) < 4.78 is 0. The van der Waals surface area contributed by atoms with Crippen LogP contribution in [-0.4, -0.2) is 0 Å². The van der Waals surface area contributed by atoms with Gasteiger partial charge in [-0.05, 0) is 113 Å². The Morgan fingerprint density at radius 3 is 1.39 bits per heavy atom. The lowest BCUT2D eigenvalue weighted by Crippen LogP contribution is -2.11. The third-order valence-electron chi connectivity index (χ3n) is 12.1. The summed E-state index contributed by atoms with van der Waals surface area (Å²) in [6.07, 6.45) is 0. The highest BCUT2D eigenvalue weighted by Gasteiger charge is 2.21. The number of fused-ring (bicyclic) bond motifs is 4. The van der Waals surface area contributed by atoms with Gasteiger partial charge in [-0.25, -0.2) is 0 Å². The number of hydrogen-bond acceptors (Lipinski definition) is 1. The zero-order valence-electron chi connectivity index (χ0n) is 33.6. The van der Waals surface area contributed by atoms with Gasteiger partial charge in [-0.2, -0.15) is 0 Å². The summed E-state index contributed by atoms with van der Waals surface area (Å²) in [5.74, 6) is 0. The average molecular weight is 776 g/mol. The second-order valence-corrected chi connectivity index (χ2v) is 15.7. The van der Waals surface area contributed by atoms with Crippen molar-refractivity contribution in [1.29, 1.82) is 0 Å². The van der Waals surface area contributed by atoms with E-state index in [-0.39, 0.29) is 0 Å². The molecule has 11 rings (SSSR count). The minimum absolute atomic E-state index is 1.09. The first kappa shape index (κ1) is 36.1. The summed E-state index contributed by atoms with van der Waals surface area (Å²) in [6, 6.07) is 90.4. The van der Waals surface area contributed by atoms with Gasteiger partial charge in [0.1, 0.15) is 0 Å². The predicted molar refractivity (Wildman–Crippen MR) is 261 cm³/mol. The first-order valence-corrected chi connectivity index (χ1v) is 21.0. The van der Waals surface area contributed by atoms with Crippen LogP contribution in [0.2, 0.25) is 0 Å². The Hall–Kier alpha value is -8.00. The molecule has 11 aromatic carbocycles. The van der Waals surface area contributed by atoms with Gasteiger partial charge in [0.2, 0.25) is 0 Å². The van der Waals surface area contributed by atoms with Crippen LogP contribution in [0.1, 0.15) is 0 Å². The second kappa shape index (κ2) is 15.6. The molecule has 0 fully saturated rings. The zero-order valence-corrected chi connectivity index (χ0v) is 33.6. The lowest BCUT2D eigenvalue weighted by atomic mass is 9.88. The highest BCUT2D eigenvalue weighted by atomic mass is 15.1. The molecule has 61 heavy (non-hydrogen) atoms. The van der Waals surface area contributed by atoms with Gasteiger partial charge in [-0.3, -0.25) is 0 Å². The van der Waals surface area contributed by atoms with Crippen molar-refractivity contribution in [2.75, 3.05) is 4.90 Å². The topological polar surface area (TPSA) is 3.24 Å². The summed E-state index contributed by atoms with van der Waals surface area (Å²) in [6.45, 7) is 0. The van der Waals surface area contributed by atoms with Crippen molar-refractivity contribution in [2.24, 2.45) is 0 Å². The van der Waals surface area contributed by atoms with Gasteiger partial charge in [0.25, 0.3) is 0 Å². The van der Waals surface area contributed by atoms with E-state index in [0.717, 1.165) is 22.6 Å². The normalized spacial score (nSPS) is 11.3. The maximum atomic E-state index is 2.43.